The van der Waals surface area contributed by atoms with Crippen LogP contribution in [-0.2, 0) is 4.79 Å². The van der Waals surface area contributed by atoms with Crippen LogP contribution in [0.3, 0.4) is 0 Å². The van der Waals surface area contributed by atoms with Crippen molar-refractivity contribution in [1.82, 2.24) is 10.3 Å². The number of carbonyl (C=O) groups is 1. The Balaban J connectivity index is 2.19. The molecule has 1 atom stereocenters. The van der Waals surface area contributed by atoms with Gasteiger partial charge in [-0.3, -0.25) is 4.79 Å². The number of anilines is 1. The molecule has 98 valence electrons. The van der Waals surface area contributed by atoms with Crippen molar-refractivity contribution in [2.45, 2.75) is 20.3 Å². The first-order valence-corrected chi connectivity index (χ1v) is 6.57. The third-order valence-electron chi connectivity index (χ3n) is 3.75. The minimum Gasteiger partial charge on any atom is -0.323 e. The third-order valence-corrected chi connectivity index (χ3v) is 4.05. The summed E-state index contributed by atoms with van der Waals surface area (Å²) in [5, 5.41) is 6.50. The van der Waals surface area contributed by atoms with E-state index in [0.29, 0.717) is 17.4 Å². The summed E-state index contributed by atoms with van der Waals surface area (Å²) in [6, 6.07) is 3.53. The molecule has 1 aromatic heterocycles. The van der Waals surface area contributed by atoms with E-state index >= 15 is 0 Å². The van der Waals surface area contributed by atoms with E-state index in [1.165, 1.54) is 0 Å². The van der Waals surface area contributed by atoms with Crippen LogP contribution >= 0.6 is 11.6 Å². The molecule has 18 heavy (non-hydrogen) atoms. The highest BCUT2D eigenvalue weighted by molar-refractivity contribution is 6.32. The van der Waals surface area contributed by atoms with Gasteiger partial charge in [0.05, 0.1) is 11.1 Å². The molecule has 1 aliphatic heterocycles. The highest BCUT2D eigenvalue weighted by atomic mass is 35.5. The largest absolute Gasteiger partial charge is 0.323 e. The van der Waals surface area contributed by atoms with Crippen LogP contribution in [-0.4, -0.2) is 24.0 Å². The highest BCUT2D eigenvalue weighted by Gasteiger charge is 2.43. The summed E-state index contributed by atoms with van der Waals surface area (Å²) in [4.78, 5) is 16.5. The second-order valence-corrected chi connectivity index (χ2v) is 5.39. The molecule has 0 saturated carbocycles. The van der Waals surface area contributed by atoms with Crippen LogP contribution < -0.4 is 10.6 Å². The highest BCUT2D eigenvalue weighted by Crippen LogP contribution is 2.35. The number of amides is 1. The molecule has 4 nitrogen and oxygen atoms in total. The van der Waals surface area contributed by atoms with Gasteiger partial charge < -0.3 is 10.6 Å². The van der Waals surface area contributed by atoms with Gasteiger partial charge in [0.2, 0.25) is 5.91 Å². The third kappa shape index (κ3) is 2.35. The Bertz CT molecular complexity index is 442. The number of hydrogen-bond donors (Lipinski definition) is 2. The van der Waals surface area contributed by atoms with Crippen molar-refractivity contribution in [1.29, 1.82) is 0 Å². The molecular formula is C13H18ClN3O. The Morgan fingerprint density at radius 1 is 1.61 bits per heavy atom. The monoisotopic (exact) mass is 267 g/mol. The number of aromatic nitrogens is 1. The zero-order valence-electron chi connectivity index (χ0n) is 10.7. The summed E-state index contributed by atoms with van der Waals surface area (Å²) in [6.07, 6.45) is 2.46. The van der Waals surface area contributed by atoms with Crippen molar-refractivity contribution >= 4 is 23.2 Å². The number of hydrogen-bond acceptors (Lipinski definition) is 3. The van der Waals surface area contributed by atoms with Gasteiger partial charge in [-0.25, -0.2) is 4.98 Å². The topological polar surface area (TPSA) is 54.0 Å². The lowest BCUT2D eigenvalue weighted by Gasteiger charge is -2.31. The van der Waals surface area contributed by atoms with Crippen LogP contribution in [0.4, 0.5) is 5.69 Å². The average Bonchev–Trinajstić information content (AvgIpc) is 2.82. The number of nitrogens with one attached hydrogen (secondary N) is 2. The lowest BCUT2D eigenvalue weighted by atomic mass is 9.75. The molecule has 0 radical (unpaired) electrons. The van der Waals surface area contributed by atoms with E-state index in [9.17, 15) is 4.79 Å². The molecule has 1 fully saturated rings. The lowest BCUT2D eigenvalue weighted by molar-refractivity contribution is -0.126. The molecule has 0 aromatic carbocycles. The predicted molar refractivity (Wildman–Crippen MR) is 72.6 cm³/mol. The number of rotatable bonds is 3. The molecule has 5 heteroatoms. The van der Waals surface area contributed by atoms with Crippen LogP contribution in [0.15, 0.2) is 18.3 Å². The number of pyridine rings is 1. The van der Waals surface area contributed by atoms with Crippen molar-refractivity contribution in [3.05, 3.63) is 23.5 Å². The van der Waals surface area contributed by atoms with Gasteiger partial charge in [0, 0.05) is 12.7 Å². The number of carbonyl (C=O) groups excluding carboxylic acids is 1. The Morgan fingerprint density at radius 2 is 2.39 bits per heavy atom. The first-order chi connectivity index (χ1) is 8.56. The summed E-state index contributed by atoms with van der Waals surface area (Å²) >= 11 is 5.96. The molecule has 0 aliphatic carbocycles. The predicted octanol–water partition coefficient (Wildman–Crippen LogP) is 2.31. The Morgan fingerprint density at radius 3 is 2.94 bits per heavy atom. The molecule has 1 aromatic rings. The SMILES string of the molecule is CC(C)C1(C(=O)Nc2cccnc2Cl)CCNC1. The van der Waals surface area contributed by atoms with Crippen LogP contribution in [0.1, 0.15) is 20.3 Å². The quantitative estimate of drug-likeness (QED) is 0.827. The van der Waals surface area contributed by atoms with E-state index < -0.39 is 0 Å². The fourth-order valence-corrected chi connectivity index (χ4v) is 2.55. The van der Waals surface area contributed by atoms with Crippen LogP contribution in [0, 0.1) is 11.3 Å². The van der Waals surface area contributed by atoms with Crippen molar-refractivity contribution < 1.29 is 4.79 Å². The zero-order chi connectivity index (χ0) is 13.2. The molecule has 1 aliphatic rings. The summed E-state index contributed by atoms with van der Waals surface area (Å²) in [5.74, 6) is 0.306. The van der Waals surface area contributed by atoms with Gasteiger partial charge in [0.1, 0.15) is 0 Å². The lowest BCUT2D eigenvalue weighted by Crippen LogP contribution is -2.42. The molecule has 1 saturated heterocycles. The average molecular weight is 268 g/mol. The van der Waals surface area contributed by atoms with E-state index in [-0.39, 0.29) is 17.2 Å². The summed E-state index contributed by atoms with van der Waals surface area (Å²) in [6.45, 7) is 5.76. The Labute approximate surface area is 112 Å². The zero-order valence-corrected chi connectivity index (χ0v) is 11.4. The maximum absolute atomic E-state index is 12.5. The summed E-state index contributed by atoms with van der Waals surface area (Å²) in [7, 11) is 0. The minimum absolute atomic E-state index is 0.0254. The van der Waals surface area contributed by atoms with E-state index in [2.05, 4.69) is 29.5 Å². The van der Waals surface area contributed by atoms with Crippen molar-refractivity contribution in [3.63, 3.8) is 0 Å². The molecule has 2 heterocycles. The van der Waals surface area contributed by atoms with E-state index in [1.54, 1.807) is 18.3 Å². The second kappa shape index (κ2) is 5.24. The normalized spacial score (nSPS) is 23.3. The fraction of sp³-hybridized carbons (Fsp3) is 0.538. The van der Waals surface area contributed by atoms with Crippen LogP contribution in [0.2, 0.25) is 5.15 Å². The maximum Gasteiger partial charge on any atom is 0.232 e. The molecule has 0 bridgehead atoms. The number of halogens is 1. The first-order valence-electron chi connectivity index (χ1n) is 6.19. The fourth-order valence-electron chi connectivity index (χ4n) is 2.39. The van der Waals surface area contributed by atoms with Gasteiger partial charge >= 0.3 is 0 Å². The second-order valence-electron chi connectivity index (χ2n) is 5.03. The number of nitrogens with zero attached hydrogens (tertiary/aromatic N) is 1. The van der Waals surface area contributed by atoms with Crippen molar-refractivity contribution in [3.8, 4) is 0 Å². The molecule has 2 N–H and O–H groups in total. The molecule has 0 spiro atoms. The van der Waals surface area contributed by atoms with Crippen LogP contribution in [0.5, 0.6) is 0 Å². The van der Waals surface area contributed by atoms with E-state index in [0.717, 1.165) is 13.0 Å². The summed E-state index contributed by atoms with van der Waals surface area (Å²) in [5.41, 5.74) is 0.232. The van der Waals surface area contributed by atoms with Gasteiger partial charge in [0.15, 0.2) is 5.15 Å². The standard InChI is InChI=1S/C13H18ClN3O/c1-9(2)13(5-7-15-8-13)12(18)17-10-4-3-6-16-11(10)14/h3-4,6,9,15H,5,7-8H2,1-2H3,(H,17,18). The maximum atomic E-state index is 12.5. The molecule has 1 unspecified atom stereocenters. The van der Waals surface area contributed by atoms with Gasteiger partial charge in [-0.2, -0.15) is 0 Å². The minimum atomic E-state index is -0.348. The van der Waals surface area contributed by atoms with Gasteiger partial charge in [-0.15, -0.1) is 0 Å². The smallest absolute Gasteiger partial charge is 0.232 e. The van der Waals surface area contributed by atoms with Crippen LogP contribution in [0.25, 0.3) is 0 Å². The van der Waals surface area contributed by atoms with Crippen molar-refractivity contribution in [2.24, 2.45) is 11.3 Å². The van der Waals surface area contributed by atoms with Gasteiger partial charge in [-0.05, 0) is 31.0 Å². The Hall–Kier alpha value is -1.13. The Kier molecular flexibility index (Phi) is 3.88. The summed E-state index contributed by atoms with van der Waals surface area (Å²) < 4.78 is 0. The molecule has 2 rings (SSSR count). The van der Waals surface area contributed by atoms with Gasteiger partial charge in [-0.1, -0.05) is 25.4 Å². The van der Waals surface area contributed by atoms with Crippen molar-refractivity contribution in [2.75, 3.05) is 18.4 Å². The molecule has 1 amide bonds. The first kappa shape index (κ1) is 13.3. The molecular weight excluding hydrogens is 250 g/mol. The van der Waals surface area contributed by atoms with E-state index in [4.69, 9.17) is 11.6 Å². The van der Waals surface area contributed by atoms with E-state index in [1.807, 2.05) is 0 Å². The van der Waals surface area contributed by atoms with Gasteiger partial charge in [0.25, 0.3) is 0 Å².